The third-order valence-electron chi connectivity index (χ3n) is 2.52. The van der Waals surface area contributed by atoms with Crippen LogP contribution in [0.2, 0.25) is 0 Å². The van der Waals surface area contributed by atoms with Crippen LogP contribution in [-0.4, -0.2) is 0 Å². The number of benzene rings is 1. The highest BCUT2D eigenvalue weighted by Crippen LogP contribution is 2.28. The van der Waals surface area contributed by atoms with Crippen molar-refractivity contribution in [2.75, 3.05) is 11.5 Å². The van der Waals surface area contributed by atoms with Crippen molar-refractivity contribution in [2.45, 2.75) is 25.7 Å². The summed E-state index contributed by atoms with van der Waals surface area (Å²) in [6.45, 7) is 0. The zero-order chi connectivity index (χ0) is 8.55. The topological polar surface area (TPSA) is 52.0 Å². The Morgan fingerprint density at radius 1 is 1.00 bits per heavy atom. The molecule has 0 bridgehead atoms. The Labute approximate surface area is 72.6 Å². The van der Waals surface area contributed by atoms with Crippen LogP contribution in [0.1, 0.15) is 24.0 Å². The van der Waals surface area contributed by atoms with Crippen molar-refractivity contribution >= 4 is 11.4 Å². The van der Waals surface area contributed by atoms with Gasteiger partial charge in [-0.15, -0.1) is 0 Å². The van der Waals surface area contributed by atoms with E-state index >= 15 is 0 Å². The van der Waals surface area contributed by atoms with Crippen LogP contribution in [0, 0.1) is 0 Å². The molecule has 4 N–H and O–H groups in total. The minimum absolute atomic E-state index is 0.799. The molecule has 12 heavy (non-hydrogen) atoms. The quantitative estimate of drug-likeness (QED) is 0.571. The monoisotopic (exact) mass is 162 g/mol. The van der Waals surface area contributed by atoms with Gasteiger partial charge in [0, 0.05) is 11.4 Å². The SMILES string of the molecule is Nc1cc(N)c2c(c1)CCCC2. The maximum atomic E-state index is 5.86. The largest absolute Gasteiger partial charge is 0.399 e. The van der Waals surface area contributed by atoms with Gasteiger partial charge in [0.05, 0.1) is 0 Å². The third kappa shape index (κ3) is 1.13. The first-order chi connectivity index (χ1) is 5.77. The van der Waals surface area contributed by atoms with E-state index in [4.69, 9.17) is 11.5 Å². The van der Waals surface area contributed by atoms with Crippen LogP contribution in [0.25, 0.3) is 0 Å². The number of rotatable bonds is 0. The molecule has 0 atom stereocenters. The van der Waals surface area contributed by atoms with Gasteiger partial charge in [-0.05, 0) is 48.9 Å². The van der Waals surface area contributed by atoms with Crippen LogP contribution in [0.3, 0.4) is 0 Å². The van der Waals surface area contributed by atoms with Gasteiger partial charge in [0.1, 0.15) is 0 Å². The van der Waals surface area contributed by atoms with Crippen molar-refractivity contribution in [3.8, 4) is 0 Å². The Balaban J connectivity index is 2.53. The van der Waals surface area contributed by atoms with Crippen molar-refractivity contribution in [1.29, 1.82) is 0 Å². The molecule has 0 saturated heterocycles. The summed E-state index contributed by atoms with van der Waals surface area (Å²) in [5.74, 6) is 0. The van der Waals surface area contributed by atoms with Crippen molar-refractivity contribution in [2.24, 2.45) is 0 Å². The Morgan fingerprint density at radius 3 is 2.58 bits per heavy atom. The number of anilines is 2. The lowest BCUT2D eigenvalue weighted by atomic mass is 9.90. The minimum atomic E-state index is 0.799. The molecule has 0 spiro atoms. The number of nitrogen functional groups attached to an aromatic ring is 2. The molecular formula is C10H14N2. The Morgan fingerprint density at radius 2 is 1.75 bits per heavy atom. The molecule has 0 saturated carbocycles. The van der Waals surface area contributed by atoms with E-state index in [2.05, 4.69) is 6.07 Å². The first-order valence-corrected chi connectivity index (χ1v) is 4.44. The van der Waals surface area contributed by atoms with Gasteiger partial charge in [-0.2, -0.15) is 0 Å². The predicted octanol–water partition coefficient (Wildman–Crippen LogP) is 1.73. The van der Waals surface area contributed by atoms with Gasteiger partial charge in [-0.25, -0.2) is 0 Å². The average molecular weight is 162 g/mol. The first-order valence-electron chi connectivity index (χ1n) is 4.44. The van der Waals surface area contributed by atoms with Crippen LogP contribution in [0.5, 0.6) is 0 Å². The number of hydrogen-bond acceptors (Lipinski definition) is 2. The van der Waals surface area contributed by atoms with E-state index in [9.17, 15) is 0 Å². The molecule has 0 radical (unpaired) electrons. The summed E-state index contributed by atoms with van der Waals surface area (Å²) in [5.41, 5.74) is 15.9. The lowest BCUT2D eigenvalue weighted by molar-refractivity contribution is 0.687. The van der Waals surface area contributed by atoms with Crippen molar-refractivity contribution in [3.05, 3.63) is 23.3 Å². The second-order valence-corrected chi connectivity index (χ2v) is 3.45. The smallest absolute Gasteiger partial charge is 0.0369 e. The standard InChI is InChI=1S/C10H14N2/c11-8-5-7-3-1-2-4-9(7)10(12)6-8/h5-6H,1-4,11-12H2. The predicted molar refractivity (Wildman–Crippen MR) is 51.9 cm³/mol. The molecule has 1 aliphatic rings. The fourth-order valence-electron chi connectivity index (χ4n) is 1.93. The van der Waals surface area contributed by atoms with Crippen LogP contribution in [0.4, 0.5) is 11.4 Å². The highest BCUT2D eigenvalue weighted by atomic mass is 14.6. The summed E-state index contributed by atoms with van der Waals surface area (Å²) in [7, 11) is 0. The highest BCUT2D eigenvalue weighted by Gasteiger charge is 2.11. The van der Waals surface area contributed by atoms with Gasteiger partial charge in [0.2, 0.25) is 0 Å². The van der Waals surface area contributed by atoms with Crippen LogP contribution < -0.4 is 11.5 Å². The van der Waals surface area contributed by atoms with Crippen LogP contribution in [0.15, 0.2) is 12.1 Å². The summed E-state index contributed by atoms with van der Waals surface area (Å²) in [6, 6.07) is 3.93. The van der Waals surface area contributed by atoms with E-state index in [1.54, 1.807) is 0 Å². The van der Waals surface area contributed by atoms with Gasteiger partial charge in [-0.1, -0.05) is 0 Å². The van der Waals surface area contributed by atoms with Gasteiger partial charge in [0.15, 0.2) is 0 Å². The van der Waals surface area contributed by atoms with Crippen LogP contribution in [-0.2, 0) is 12.8 Å². The number of aryl methyl sites for hydroxylation is 1. The lowest BCUT2D eigenvalue weighted by Gasteiger charge is -2.17. The molecular weight excluding hydrogens is 148 g/mol. The Hall–Kier alpha value is -1.18. The second kappa shape index (κ2) is 2.70. The molecule has 64 valence electrons. The zero-order valence-electron chi connectivity index (χ0n) is 7.14. The van der Waals surface area contributed by atoms with E-state index in [1.165, 1.54) is 24.0 Å². The molecule has 0 fully saturated rings. The third-order valence-corrected chi connectivity index (χ3v) is 2.52. The van der Waals surface area contributed by atoms with E-state index in [0.717, 1.165) is 24.2 Å². The second-order valence-electron chi connectivity index (χ2n) is 3.45. The molecule has 0 aromatic heterocycles. The molecule has 0 unspecified atom stereocenters. The van der Waals surface area contributed by atoms with Gasteiger partial charge in [0.25, 0.3) is 0 Å². The molecule has 0 amide bonds. The van der Waals surface area contributed by atoms with Gasteiger partial charge >= 0.3 is 0 Å². The minimum Gasteiger partial charge on any atom is -0.399 e. The van der Waals surface area contributed by atoms with Gasteiger partial charge < -0.3 is 11.5 Å². The van der Waals surface area contributed by atoms with Crippen molar-refractivity contribution in [1.82, 2.24) is 0 Å². The summed E-state index contributed by atoms with van der Waals surface area (Å²) in [5, 5.41) is 0. The van der Waals surface area contributed by atoms with E-state index in [1.807, 2.05) is 6.07 Å². The molecule has 0 heterocycles. The summed E-state index contributed by atoms with van der Waals surface area (Å²) in [4.78, 5) is 0. The van der Waals surface area contributed by atoms with E-state index in [0.29, 0.717) is 0 Å². The molecule has 2 nitrogen and oxygen atoms in total. The molecule has 0 aliphatic heterocycles. The maximum Gasteiger partial charge on any atom is 0.0369 e. The van der Waals surface area contributed by atoms with Crippen LogP contribution >= 0.6 is 0 Å². The maximum absolute atomic E-state index is 5.86. The number of fused-ring (bicyclic) bond motifs is 1. The average Bonchev–Trinajstić information content (AvgIpc) is 2.04. The van der Waals surface area contributed by atoms with Gasteiger partial charge in [-0.3, -0.25) is 0 Å². The fourth-order valence-corrected chi connectivity index (χ4v) is 1.93. The number of hydrogen-bond donors (Lipinski definition) is 2. The fraction of sp³-hybridized carbons (Fsp3) is 0.400. The molecule has 1 aromatic carbocycles. The summed E-state index contributed by atoms with van der Waals surface area (Å²) < 4.78 is 0. The Kier molecular flexibility index (Phi) is 1.68. The van der Waals surface area contributed by atoms with Crippen molar-refractivity contribution in [3.63, 3.8) is 0 Å². The normalized spacial score (nSPS) is 15.7. The van der Waals surface area contributed by atoms with E-state index < -0.39 is 0 Å². The summed E-state index contributed by atoms with van der Waals surface area (Å²) in [6.07, 6.45) is 4.81. The zero-order valence-corrected chi connectivity index (χ0v) is 7.14. The first kappa shape index (κ1) is 7.47. The molecule has 2 rings (SSSR count). The highest BCUT2D eigenvalue weighted by molar-refractivity contribution is 5.61. The molecule has 1 aliphatic carbocycles. The molecule has 2 heteroatoms. The number of nitrogens with two attached hydrogens (primary N) is 2. The Bertz CT molecular complexity index is 305. The van der Waals surface area contributed by atoms with Crippen molar-refractivity contribution < 1.29 is 0 Å². The summed E-state index contributed by atoms with van der Waals surface area (Å²) >= 11 is 0. The van der Waals surface area contributed by atoms with E-state index in [-0.39, 0.29) is 0 Å². The lowest BCUT2D eigenvalue weighted by Crippen LogP contribution is -2.07. The molecule has 1 aromatic rings.